The van der Waals surface area contributed by atoms with Gasteiger partial charge >= 0.3 is 0 Å². The van der Waals surface area contributed by atoms with Crippen LogP contribution in [0.2, 0.25) is 0 Å². The van der Waals surface area contributed by atoms with E-state index in [2.05, 4.69) is 5.32 Å². The molecule has 0 heterocycles. The summed E-state index contributed by atoms with van der Waals surface area (Å²) in [5.74, 6) is -0.0382. The van der Waals surface area contributed by atoms with Crippen molar-refractivity contribution in [2.45, 2.75) is 43.5 Å². The van der Waals surface area contributed by atoms with Crippen LogP contribution in [0.25, 0.3) is 0 Å². The molecule has 0 saturated heterocycles. The number of amides is 1. The first-order valence-electron chi connectivity index (χ1n) is 7.02. The molecule has 0 spiro atoms. The SMILES string of the molecule is NCCCCCCC(=O)NCc1cccc(S(N)(=O)=O)c1. The molecular formula is C14H23N3O3S. The van der Waals surface area contributed by atoms with Crippen molar-refractivity contribution < 1.29 is 13.2 Å². The van der Waals surface area contributed by atoms with Crippen molar-refractivity contribution in [3.05, 3.63) is 29.8 Å². The number of nitrogens with one attached hydrogen (secondary N) is 1. The first-order valence-corrected chi connectivity index (χ1v) is 8.56. The summed E-state index contributed by atoms with van der Waals surface area (Å²) in [6.07, 6.45) is 4.33. The van der Waals surface area contributed by atoms with E-state index < -0.39 is 10.0 Å². The Balaban J connectivity index is 2.36. The van der Waals surface area contributed by atoms with Gasteiger partial charge in [0, 0.05) is 13.0 Å². The van der Waals surface area contributed by atoms with E-state index in [1.54, 1.807) is 12.1 Å². The summed E-state index contributed by atoms with van der Waals surface area (Å²) in [5.41, 5.74) is 6.10. The van der Waals surface area contributed by atoms with Crippen LogP contribution >= 0.6 is 0 Å². The van der Waals surface area contributed by atoms with Crippen molar-refractivity contribution in [1.29, 1.82) is 0 Å². The highest BCUT2D eigenvalue weighted by molar-refractivity contribution is 7.89. The number of carbonyl (C=O) groups excluding carboxylic acids is 1. The second-order valence-electron chi connectivity index (χ2n) is 4.92. The quantitative estimate of drug-likeness (QED) is 0.586. The summed E-state index contributed by atoms with van der Waals surface area (Å²) >= 11 is 0. The maximum absolute atomic E-state index is 11.7. The molecule has 0 saturated carbocycles. The van der Waals surface area contributed by atoms with Gasteiger partial charge in [0.1, 0.15) is 0 Å². The summed E-state index contributed by atoms with van der Waals surface area (Å²) in [4.78, 5) is 11.7. The minimum atomic E-state index is -3.71. The van der Waals surface area contributed by atoms with Crippen LogP contribution in [0, 0.1) is 0 Å². The molecule has 0 aliphatic rings. The second kappa shape index (κ2) is 8.76. The fraction of sp³-hybridized carbons (Fsp3) is 0.500. The summed E-state index contributed by atoms with van der Waals surface area (Å²) in [6, 6.07) is 6.25. The fourth-order valence-corrected chi connectivity index (χ4v) is 2.49. The standard InChI is InChI=1S/C14H23N3O3S/c15-9-4-2-1-3-8-14(18)17-11-12-6-5-7-13(10-12)21(16,19)20/h5-7,10H,1-4,8-9,11,15H2,(H,17,18)(H2,16,19,20). The number of sulfonamides is 1. The van der Waals surface area contributed by atoms with Gasteiger partial charge in [0.05, 0.1) is 4.90 Å². The van der Waals surface area contributed by atoms with Gasteiger partial charge in [-0.05, 0) is 37.1 Å². The maximum atomic E-state index is 11.7. The molecule has 0 fully saturated rings. The third-order valence-corrected chi connectivity index (χ3v) is 3.99. The van der Waals surface area contributed by atoms with Gasteiger partial charge in [-0.1, -0.05) is 25.0 Å². The van der Waals surface area contributed by atoms with Crippen molar-refractivity contribution in [2.24, 2.45) is 10.9 Å². The third-order valence-electron chi connectivity index (χ3n) is 3.07. The summed E-state index contributed by atoms with van der Waals surface area (Å²) in [6.45, 7) is 0.984. The van der Waals surface area contributed by atoms with E-state index in [0.717, 1.165) is 25.7 Å². The van der Waals surface area contributed by atoms with E-state index in [4.69, 9.17) is 10.9 Å². The Morgan fingerprint density at radius 1 is 1.14 bits per heavy atom. The molecule has 1 aromatic carbocycles. The number of hydrogen-bond donors (Lipinski definition) is 3. The molecule has 5 N–H and O–H groups in total. The Labute approximate surface area is 126 Å². The molecule has 7 heteroatoms. The van der Waals surface area contributed by atoms with Crippen LogP contribution in [0.5, 0.6) is 0 Å². The lowest BCUT2D eigenvalue weighted by atomic mass is 10.1. The zero-order valence-corrected chi connectivity index (χ0v) is 12.9. The van der Waals surface area contributed by atoms with Crippen molar-refractivity contribution in [1.82, 2.24) is 5.32 Å². The van der Waals surface area contributed by atoms with Crippen LogP contribution < -0.4 is 16.2 Å². The fourth-order valence-electron chi connectivity index (χ4n) is 1.90. The maximum Gasteiger partial charge on any atom is 0.238 e. The largest absolute Gasteiger partial charge is 0.352 e. The van der Waals surface area contributed by atoms with Gasteiger partial charge in [0.15, 0.2) is 0 Å². The predicted octanol–water partition coefficient (Wildman–Crippen LogP) is 0.859. The number of nitrogens with two attached hydrogens (primary N) is 2. The predicted molar refractivity (Wildman–Crippen MR) is 81.8 cm³/mol. The lowest BCUT2D eigenvalue weighted by Crippen LogP contribution is -2.22. The van der Waals surface area contributed by atoms with Crippen LogP contribution in [0.15, 0.2) is 29.2 Å². The number of benzene rings is 1. The third kappa shape index (κ3) is 7.22. The van der Waals surface area contributed by atoms with Gasteiger partial charge in [-0.2, -0.15) is 0 Å². The molecule has 1 amide bonds. The van der Waals surface area contributed by atoms with Crippen molar-refractivity contribution in [3.63, 3.8) is 0 Å². The highest BCUT2D eigenvalue weighted by Gasteiger charge is 2.08. The zero-order valence-electron chi connectivity index (χ0n) is 12.0. The van der Waals surface area contributed by atoms with Crippen LogP contribution in [-0.4, -0.2) is 20.9 Å². The molecule has 0 unspecified atom stereocenters. The summed E-state index contributed by atoms with van der Waals surface area (Å²) < 4.78 is 22.5. The van der Waals surface area contributed by atoms with E-state index >= 15 is 0 Å². The number of rotatable bonds is 9. The van der Waals surface area contributed by atoms with Gasteiger partial charge < -0.3 is 11.1 Å². The number of hydrogen-bond acceptors (Lipinski definition) is 4. The second-order valence-corrected chi connectivity index (χ2v) is 6.48. The normalized spacial score (nSPS) is 11.3. The van der Waals surface area contributed by atoms with Gasteiger partial charge in [0.2, 0.25) is 15.9 Å². The van der Waals surface area contributed by atoms with Crippen LogP contribution in [0.4, 0.5) is 0 Å². The minimum Gasteiger partial charge on any atom is -0.352 e. The van der Waals surface area contributed by atoms with Crippen molar-refractivity contribution in [3.8, 4) is 0 Å². The summed E-state index contributed by atoms with van der Waals surface area (Å²) in [7, 11) is -3.71. The molecule has 0 aliphatic heterocycles. The van der Waals surface area contributed by atoms with Crippen LogP contribution in [0.3, 0.4) is 0 Å². The van der Waals surface area contributed by atoms with Crippen LogP contribution in [0.1, 0.15) is 37.7 Å². The average Bonchev–Trinajstić information content (AvgIpc) is 2.44. The van der Waals surface area contributed by atoms with E-state index in [-0.39, 0.29) is 10.8 Å². The number of primary sulfonamides is 1. The molecule has 21 heavy (non-hydrogen) atoms. The molecule has 0 aliphatic carbocycles. The van der Waals surface area contributed by atoms with Gasteiger partial charge in [0.25, 0.3) is 0 Å². The average molecular weight is 313 g/mol. The zero-order chi connectivity index (χ0) is 15.7. The van der Waals surface area contributed by atoms with Gasteiger partial charge in [-0.3, -0.25) is 4.79 Å². The first kappa shape index (κ1) is 17.6. The Morgan fingerprint density at radius 2 is 1.86 bits per heavy atom. The lowest BCUT2D eigenvalue weighted by Gasteiger charge is -2.06. The van der Waals surface area contributed by atoms with E-state index in [0.29, 0.717) is 25.1 Å². The highest BCUT2D eigenvalue weighted by Crippen LogP contribution is 2.09. The van der Waals surface area contributed by atoms with Crippen LogP contribution in [-0.2, 0) is 21.4 Å². The monoisotopic (exact) mass is 313 g/mol. The van der Waals surface area contributed by atoms with Crippen molar-refractivity contribution in [2.75, 3.05) is 6.54 Å². The molecule has 0 bridgehead atoms. The molecule has 0 radical (unpaired) electrons. The lowest BCUT2D eigenvalue weighted by molar-refractivity contribution is -0.121. The first-order chi connectivity index (χ1) is 9.93. The molecule has 1 aromatic rings. The van der Waals surface area contributed by atoms with Crippen molar-refractivity contribution >= 4 is 15.9 Å². The molecule has 6 nitrogen and oxygen atoms in total. The molecular weight excluding hydrogens is 290 g/mol. The Bertz CT molecular complexity index is 558. The summed E-state index contributed by atoms with van der Waals surface area (Å²) in [5, 5.41) is 7.83. The minimum absolute atomic E-state index is 0.0382. The smallest absolute Gasteiger partial charge is 0.238 e. The van der Waals surface area contributed by atoms with Gasteiger partial charge in [-0.15, -0.1) is 0 Å². The number of carbonyl (C=O) groups is 1. The Hall–Kier alpha value is -1.44. The Kier molecular flexibility index (Phi) is 7.35. The molecule has 0 atom stereocenters. The molecule has 1 rings (SSSR count). The topological polar surface area (TPSA) is 115 Å². The van der Waals surface area contributed by atoms with E-state index in [1.807, 2.05) is 0 Å². The van der Waals surface area contributed by atoms with E-state index in [1.165, 1.54) is 12.1 Å². The Morgan fingerprint density at radius 3 is 2.52 bits per heavy atom. The molecule has 118 valence electrons. The number of unbranched alkanes of at least 4 members (excludes halogenated alkanes) is 3. The molecule has 0 aromatic heterocycles. The van der Waals surface area contributed by atoms with E-state index in [9.17, 15) is 13.2 Å². The van der Waals surface area contributed by atoms with Gasteiger partial charge in [-0.25, -0.2) is 13.6 Å². The highest BCUT2D eigenvalue weighted by atomic mass is 32.2.